The largest absolute Gasteiger partial charge is 0.573 e. The molecule has 2 nitrogen and oxygen atoms in total. The highest BCUT2D eigenvalue weighted by Gasteiger charge is 2.31. The first kappa shape index (κ1) is 13.5. The summed E-state index contributed by atoms with van der Waals surface area (Å²) in [5, 5.41) is 9.71. The van der Waals surface area contributed by atoms with Gasteiger partial charge in [0.05, 0.1) is 0 Å². The molecule has 0 saturated carbocycles. The molecule has 0 bridgehead atoms. The van der Waals surface area contributed by atoms with E-state index in [0.29, 0.717) is 16.1 Å². The molecule has 6 heteroatoms. The summed E-state index contributed by atoms with van der Waals surface area (Å²) in [6.07, 6.45) is -4.75. The first-order valence-electron chi connectivity index (χ1n) is 5.20. The summed E-state index contributed by atoms with van der Waals surface area (Å²) in [5.74, 6) is -0.369. The van der Waals surface area contributed by atoms with Crippen molar-refractivity contribution in [3.05, 3.63) is 47.5 Å². The van der Waals surface area contributed by atoms with Crippen LogP contribution in [0.25, 0.3) is 11.1 Å². The number of phenolic OH excluding ortho intramolecular Hbond substituents is 1. The van der Waals surface area contributed by atoms with Crippen LogP contribution in [0.4, 0.5) is 13.2 Å². The molecular weight excluding hydrogens is 281 g/mol. The van der Waals surface area contributed by atoms with E-state index in [1.807, 2.05) is 0 Å². The van der Waals surface area contributed by atoms with E-state index in [2.05, 4.69) is 4.74 Å². The predicted molar refractivity (Wildman–Crippen MR) is 65.2 cm³/mol. The molecule has 0 aromatic heterocycles. The maximum absolute atomic E-state index is 12.1. The maximum Gasteiger partial charge on any atom is 0.573 e. The minimum absolute atomic E-state index is 0.0263. The summed E-state index contributed by atoms with van der Waals surface area (Å²) < 4.78 is 40.2. The highest BCUT2D eigenvalue weighted by molar-refractivity contribution is 6.33. The SMILES string of the molecule is Oc1ccc(Cl)c(-c2cccc(OC(F)(F)F)c2)c1. The van der Waals surface area contributed by atoms with Gasteiger partial charge >= 0.3 is 6.36 Å². The summed E-state index contributed by atoms with van der Waals surface area (Å²) in [6.45, 7) is 0. The first-order chi connectivity index (χ1) is 8.85. The van der Waals surface area contributed by atoms with Gasteiger partial charge in [-0.1, -0.05) is 23.7 Å². The van der Waals surface area contributed by atoms with E-state index < -0.39 is 6.36 Å². The molecule has 2 aromatic rings. The van der Waals surface area contributed by atoms with Gasteiger partial charge in [-0.05, 0) is 35.9 Å². The van der Waals surface area contributed by atoms with Crippen LogP contribution in [0.3, 0.4) is 0 Å². The van der Waals surface area contributed by atoms with Crippen LogP contribution in [-0.2, 0) is 0 Å². The summed E-state index contributed by atoms with van der Waals surface area (Å²) in [5.41, 5.74) is 0.844. The smallest absolute Gasteiger partial charge is 0.508 e. The van der Waals surface area contributed by atoms with Crippen molar-refractivity contribution in [3.8, 4) is 22.6 Å². The lowest BCUT2D eigenvalue weighted by Gasteiger charge is -2.11. The van der Waals surface area contributed by atoms with Gasteiger partial charge in [0.2, 0.25) is 0 Å². The van der Waals surface area contributed by atoms with E-state index in [1.165, 1.54) is 36.4 Å². The van der Waals surface area contributed by atoms with Gasteiger partial charge in [-0.15, -0.1) is 13.2 Å². The average Bonchev–Trinajstić information content (AvgIpc) is 2.30. The van der Waals surface area contributed by atoms with Gasteiger partial charge in [0, 0.05) is 10.6 Å². The van der Waals surface area contributed by atoms with Crippen LogP contribution < -0.4 is 4.74 Å². The molecule has 0 aliphatic rings. The van der Waals surface area contributed by atoms with Crippen molar-refractivity contribution < 1.29 is 23.0 Å². The minimum Gasteiger partial charge on any atom is -0.508 e. The van der Waals surface area contributed by atoms with Gasteiger partial charge in [0.15, 0.2) is 0 Å². The van der Waals surface area contributed by atoms with Crippen LogP contribution in [0.2, 0.25) is 5.02 Å². The third-order valence-corrected chi connectivity index (χ3v) is 2.66. The molecule has 0 saturated heterocycles. The Morgan fingerprint density at radius 1 is 1.05 bits per heavy atom. The molecule has 0 fully saturated rings. The van der Waals surface area contributed by atoms with Gasteiger partial charge in [-0.3, -0.25) is 0 Å². The van der Waals surface area contributed by atoms with Crippen molar-refractivity contribution in [2.45, 2.75) is 6.36 Å². The van der Waals surface area contributed by atoms with Crippen molar-refractivity contribution >= 4 is 11.6 Å². The van der Waals surface area contributed by atoms with E-state index in [4.69, 9.17) is 11.6 Å². The number of halogens is 4. The zero-order valence-electron chi connectivity index (χ0n) is 9.41. The standard InChI is InChI=1S/C13H8ClF3O2/c14-12-5-4-9(18)7-11(12)8-2-1-3-10(6-8)19-13(15,16)17/h1-7,18H. The van der Waals surface area contributed by atoms with Crippen molar-refractivity contribution in [2.24, 2.45) is 0 Å². The van der Waals surface area contributed by atoms with Crippen LogP contribution in [0.1, 0.15) is 0 Å². The number of rotatable bonds is 2. The van der Waals surface area contributed by atoms with Gasteiger partial charge in [0.25, 0.3) is 0 Å². The fourth-order valence-electron chi connectivity index (χ4n) is 1.60. The number of hydrogen-bond acceptors (Lipinski definition) is 2. The van der Waals surface area contributed by atoms with Crippen molar-refractivity contribution in [1.29, 1.82) is 0 Å². The van der Waals surface area contributed by atoms with Gasteiger partial charge in [-0.25, -0.2) is 0 Å². The van der Waals surface area contributed by atoms with Crippen molar-refractivity contribution in [3.63, 3.8) is 0 Å². The lowest BCUT2D eigenvalue weighted by molar-refractivity contribution is -0.274. The normalized spacial score (nSPS) is 11.4. The lowest BCUT2D eigenvalue weighted by atomic mass is 10.1. The number of hydrogen-bond donors (Lipinski definition) is 1. The molecule has 0 aliphatic carbocycles. The number of phenols is 1. The second-order valence-electron chi connectivity index (χ2n) is 3.74. The van der Waals surface area contributed by atoms with Crippen LogP contribution in [0.5, 0.6) is 11.5 Å². The van der Waals surface area contributed by atoms with Crippen LogP contribution >= 0.6 is 11.6 Å². The predicted octanol–water partition coefficient (Wildman–Crippen LogP) is 4.61. The Bertz CT molecular complexity index is 597. The van der Waals surface area contributed by atoms with E-state index in [-0.39, 0.29) is 11.5 Å². The Hall–Kier alpha value is -1.88. The van der Waals surface area contributed by atoms with Crippen molar-refractivity contribution in [1.82, 2.24) is 0 Å². The maximum atomic E-state index is 12.1. The number of alkyl halides is 3. The number of ether oxygens (including phenoxy) is 1. The quantitative estimate of drug-likeness (QED) is 0.874. The minimum atomic E-state index is -4.75. The summed E-state index contributed by atoms with van der Waals surface area (Å²) in [4.78, 5) is 0. The number of aromatic hydroxyl groups is 1. The Morgan fingerprint density at radius 2 is 1.79 bits per heavy atom. The third-order valence-electron chi connectivity index (χ3n) is 2.33. The fourth-order valence-corrected chi connectivity index (χ4v) is 1.82. The van der Waals surface area contributed by atoms with Crippen LogP contribution in [0.15, 0.2) is 42.5 Å². The summed E-state index contributed by atoms with van der Waals surface area (Å²) in [6, 6.07) is 9.60. The van der Waals surface area contributed by atoms with Crippen LogP contribution in [-0.4, -0.2) is 11.5 Å². The van der Waals surface area contributed by atoms with Gasteiger partial charge in [0.1, 0.15) is 11.5 Å². The fraction of sp³-hybridized carbons (Fsp3) is 0.0769. The molecule has 0 amide bonds. The van der Waals surface area contributed by atoms with Crippen molar-refractivity contribution in [2.75, 3.05) is 0 Å². The highest BCUT2D eigenvalue weighted by atomic mass is 35.5. The zero-order valence-corrected chi connectivity index (χ0v) is 10.2. The summed E-state index contributed by atoms with van der Waals surface area (Å²) in [7, 11) is 0. The Balaban J connectivity index is 2.40. The summed E-state index contributed by atoms with van der Waals surface area (Å²) >= 11 is 5.94. The molecule has 2 aromatic carbocycles. The van der Waals surface area contributed by atoms with E-state index in [1.54, 1.807) is 6.07 Å². The van der Waals surface area contributed by atoms with Gasteiger partial charge < -0.3 is 9.84 Å². The second-order valence-corrected chi connectivity index (χ2v) is 4.15. The average molecular weight is 289 g/mol. The Morgan fingerprint density at radius 3 is 2.47 bits per heavy atom. The molecule has 0 spiro atoms. The third kappa shape index (κ3) is 3.54. The Labute approximate surface area is 112 Å². The molecular formula is C13H8ClF3O2. The monoisotopic (exact) mass is 288 g/mol. The molecule has 1 N–H and O–H groups in total. The van der Waals surface area contributed by atoms with E-state index in [0.717, 1.165) is 0 Å². The molecule has 0 unspecified atom stereocenters. The topological polar surface area (TPSA) is 29.5 Å². The highest BCUT2D eigenvalue weighted by Crippen LogP contribution is 2.33. The molecule has 0 atom stereocenters. The molecule has 0 aliphatic heterocycles. The molecule has 0 radical (unpaired) electrons. The van der Waals surface area contributed by atoms with E-state index >= 15 is 0 Å². The zero-order chi connectivity index (χ0) is 14.0. The molecule has 19 heavy (non-hydrogen) atoms. The van der Waals surface area contributed by atoms with E-state index in [9.17, 15) is 18.3 Å². The Kier molecular flexibility index (Phi) is 3.57. The van der Waals surface area contributed by atoms with Gasteiger partial charge in [-0.2, -0.15) is 0 Å². The molecule has 2 rings (SSSR count). The number of benzene rings is 2. The first-order valence-corrected chi connectivity index (χ1v) is 5.58. The lowest BCUT2D eigenvalue weighted by Crippen LogP contribution is -2.17. The van der Waals surface area contributed by atoms with Crippen LogP contribution in [0, 0.1) is 0 Å². The molecule has 100 valence electrons. The second kappa shape index (κ2) is 5.01. The molecule has 0 heterocycles.